The van der Waals surface area contributed by atoms with Crippen LogP contribution in [0.3, 0.4) is 0 Å². The number of hydrogen-bond acceptors (Lipinski definition) is 1. The van der Waals surface area contributed by atoms with Crippen molar-refractivity contribution < 1.29 is 0 Å². The van der Waals surface area contributed by atoms with Gasteiger partial charge in [-0.1, -0.05) is 20.8 Å². The van der Waals surface area contributed by atoms with Crippen molar-refractivity contribution in [1.82, 2.24) is 4.98 Å². The summed E-state index contributed by atoms with van der Waals surface area (Å²) in [5.41, 5.74) is 2.41. The van der Waals surface area contributed by atoms with Gasteiger partial charge in [-0.2, -0.15) is 0 Å². The Morgan fingerprint density at radius 2 is 2.06 bits per heavy atom. The Bertz CT molecular complexity index is 456. The first-order chi connectivity index (χ1) is 7.70. The molecular weight excluding hydrogens is 196 g/mol. The van der Waals surface area contributed by atoms with E-state index in [9.17, 15) is 0 Å². The summed E-state index contributed by atoms with van der Waals surface area (Å²) in [6.45, 7) is 6.75. The minimum Gasteiger partial charge on any atom is -0.382 e. The van der Waals surface area contributed by atoms with E-state index >= 15 is 0 Å². The molecule has 1 aromatic carbocycles. The van der Waals surface area contributed by atoms with E-state index in [2.05, 4.69) is 55.3 Å². The van der Waals surface area contributed by atoms with Gasteiger partial charge in [-0.15, -0.1) is 0 Å². The zero-order chi connectivity index (χ0) is 11.5. The van der Waals surface area contributed by atoms with Gasteiger partial charge in [-0.25, -0.2) is 0 Å². The monoisotopic (exact) mass is 216 g/mol. The van der Waals surface area contributed by atoms with Gasteiger partial charge >= 0.3 is 0 Å². The fourth-order valence-corrected chi connectivity index (χ4v) is 2.10. The first-order valence-corrected chi connectivity index (χ1v) is 6.04. The molecule has 2 nitrogen and oxygen atoms in total. The maximum atomic E-state index is 3.60. The summed E-state index contributed by atoms with van der Waals surface area (Å²) in [5, 5.41) is 4.86. The number of aromatic nitrogens is 1. The zero-order valence-electron chi connectivity index (χ0n) is 10.2. The number of anilines is 1. The van der Waals surface area contributed by atoms with Crippen LogP contribution in [0.5, 0.6) is 0 Å². The second kappa shape index (κ2) is 4.60. The molecule has 2 N–H and O–H groups in total. The number of nitrogens with one attached hydrogen (secondary N) is 2. The normalized spacial score (nSPS) is 13.2. The second-order valence-corrected chi connectivity index (χ2v) is 4.68. The van der Waals surface area contributed by atoms with Crippen molar-refractivity contribution in [1.29, 1.82) is 0 Å². The standard InChI is InChI=1S/C14H20N2/c1-4-13(10(2)3)16-12-5-6-14-11(9-12)7-8-15-14/h5-10,13,15-16H,4H2,1-3H3. The van der Waals surface area contributed by atoms with E-state index in [1.807, 2.05) is 6.20 Å². The molecule has 0 bridgehead atoms. The molecule has 0 radical (unpaired) electrons. The SMILES string of the molecule is CCC(Nc1ccc2[nH]ccc2c1)C(C)C. The highest BCUT2D eigenvalue weighted by molar-refractivity contribution is 5.83. The van der Waals surface area contributed by atoms with Crippen LogP contribution in [-0.4, -0.2) is 11.0 Å². The molecule has 2 rings (SSSR count). The minimum atomic E-state index is 0.552. The molecule has 2 aromatic rings. The Morgan fingerprint density at radius 1 is 1.25 bits per heavy atom. The third-order valence-electron chi connectivity index (χ3n) is 3.15. The lowest BCUT2D eigenvalue weighted by molar-refractivity contribution is 0.511. The lowest BCUT2D eigenvalue weighted by Crippen LogP contribution is -2.24. The largest absolute Gasteiger partial charge is 0.382 e. The van der Waals surface area contributed by atoms with Crippen LogP contribution in [0.1, 0.15) is 27.2 Å². The molecule has 16 heavy (non-hydrogen) atoms. The van der Waals surface area contributed by atoms with E-state index in [1.165, 1.54) is 16.6 Å². The quantitative estimate of drug-likeness (QED) is 0.794. The summed E-state index contributed by atoms with van der Waals surface area (Å²) < 4.78 is 0. The first-order valence-electron chi connectivity index (χ1n) is 6.04. The van der Waals surface area contributed by atoms with Crippen LogP contribution in [-0.2, 0) is 0 Å². The third kappa shape index (κ3) is 2.21. The Balaban J connectivity index is 2.19. The summed E-state index contributed by atoms with van der Waals surface area (Å²) in [7, 11) is 0. The van der Waals surface area contributed by atoms with Crippen LogP contribution in [0.2, 0.25) is 0 Å². The molecule has 86 valence electrons. The Kier molecular flexibility index (Phi) is 3.18. The first kappa shape index (κ1) is 11.1. The zero-order valence-corrected chi connectivity index (χ0v) is 10.2. The van der Waals surface area contributed by atoms with Gasteiger partial charge in [0.15, 0.2) is 0 Å². The summed E-state index contributed by atoms with van der Waals surface area (Å²) in [4.78, 5) is 3.21. The van der Waals surface area contributed by atoms with Gasteiger partial charge < -0.3 is 10.3 Å². The fraction of sp³-hybridized carbons (Fsp3) is 0.429. The summed E-state index contributed by atoms with van der Waals surface area (Å²) in [6, 6.07) is 9.14. The fourth-order valence-electron chi connectivity index (χ4n) is 2.10. The molecule has 0 amide bonds. The van der Waals surface area contributed by atoms with Crippen LogP contribution in [0.15, 0.2) is 30.5 Å². The van der Waals surface area contributed by atoms with Crippen LogP contribution in [0.4, 0.5) is 5.69 Å². The van der Waals surface area contributed by atoms with Crippen LogP contribution in [0, 0.1) is 5.92 Å². The smallest absolute Gasteiger partial charge is 0.0455 e. The average Bonchev–Trinajstić information content (AvgIpc) is 2.72. The molecule has 2 heteroatoms. The number of H-pyrrole nitrogens is 1. The van der Waals surface area contributed by atoms with E-state index < -0.39 is 0 Å². The van der Waals surface area contributed by atoms with E-state index in [0.717, 1.165) is 6.42 Å². The lowest BCUT2D eigenvalue weighted by Gasteiger charge is -2.22. The van der Waals surface area contributed by atoms with Gasteiger partial charge in [0.1, 0.15) is 0 Å². The van der Waals surface area contributed by atoms with E-state index in [4.69, 9.17) is 0 Å². The van der Waals surface area contributed by atoms with E-state index in [0.29, 0.717) is 12.0 Å². The average molecular weight is 216 g/mol. The van der Waals surface area contributed by atoms with Crippen LogP contribution in [0.25, 0.3) is 10.9 Å². The number of benzene rings is 1. The molecular formula is C14H20N2. The molecule has 1 unspecified atom stereocenters. The van der Waals surface area contributed by atoms with Crippen molar-refractivity contribution in [3.63, 3.8) is 0 Å². The number of fused-ring (bicyclic) bond motifs is 1. The number of aromatic amines is 1. The third-order valence-corrected chi connectivity index (χ3v) is 3.15. The highest BCUT2D eigenvalue weighted by atomic mass is 14.9. The van der Waals surface area contributed by atoms with Gasteiger partial charge in [-0.3, -0.25) is 0 Å². The molecule has 0 saturated carbocycles. The Morgan fingerprint density at radius 3 is 2.75 bits per heavy atom. The van der Waals surface area contributed by atoms with Gasteiger partial charge in [0, 0.05) is 28.8 Å². The number of hydrogen-bond donors (Lipinski definition) is 2. The van der Waals surface area contributed by atoms with Crippen molar-refractivity contribution in [3.05, 3.63) is 30.5 Å². The molecule has 0 saturated heterocycles. The van der Waals surface area contributed by atoms with E-state index in [-0.39, 0.29) is 0 Å². The van der Waals surface area contributed by atoms with Crippen molar-refractivity contribution in [3.8, 4) is 0 Å². The molecule has 0 aliphatic carbocycles. The second-order valence-electron chi connectivity index (χ2n) is 4.68. The summed E-state index contributed by atoms with van der Waals surface area (Å²) >= 11 is 0. The molecule has 0 spiro atoms. The molecule has 0 aliphatic rings. The van der Waals surface area contributed by atoms with Crippen molar-refractivity contribution in [2.75, 3.05) is 5.32 Å². The predicted octanol–water partition coefficient (Wildman–Crippen LogP) is 4.01. The number of rotatable bonds is 4. The van der Waals surface area contributed by atoms with Gasteiger partial charge in [0.05, 0.1) is 0 Å². The van der Waals surface area contributed by atoms with Crippen LogP contribution < -0.4 is 5.32 Å². The van der Waals surface area contributed by atoms with Crippen molar-refractivity contribution in [2.24, 2.45) is 5.92 Å². The van der Waals surface area contributed by atoms with Crippen molar-refractivity contribution in [2.45, 2.75) is 33.2 Å². The molecule has 0 aliphatic heterocycles. The van der Waals surface area contributed by atoms with Gasteiger partial charge in [0.25, 0.3) is 0 Å². The topological polar surface area (TPSA) is 27.8 Å². The molecule has 0 fully saturated rings. The highest BCUT2D eigenvalue weighted by Gasteiger charge is 2.10. The predicted molar refractivity (Wildman–Crippen MR) is 70.8 cm³/mol. The Hall–Kier alpha value is -1.44. The highest BCUT2D eigenvalue weighted by Crippen LogP contribution is 2.20. The molecule has 1 atom stereocenters. The minimum absolute atomic E-state index is 0.552. The lowest BCUT2D eigenvalue weighted by atomic mass is 10.0. The molecule has 1 heterocycles. The van der Waals surface area contributed by atoms with Crippen molar-refractivity contribution >= 4 is 16.6 Å². The molecule has 1 aromatic heterocycles. The van der Waals surface area contributed by atoms with Gasteiger partial charge in [-0.05, 0) is 36.6 Å². The van der Waals surface area contributed by atoms with Crippen LogP contribution >= 0.6 is 0 Å². The summed E-state index contributed by atoms with van der Waals surface area (Å²) in [5.74, 6) is 0.659. The van der Waals surface area contributed by atoms with E-state index in [1.54, 1.807) is 0 Å². The maximum Gasteiger partial charge on any atom is 0.0455 e. The maximum absolute atomic E-state index is 3.60. The Labute approximate surface area is 97.1 Å². The summed E-state index contributed by atoms with van der Waals surface area (Å²) in [6.07, 6.45) is 3.14. The van der Waals surface area contributed by atoms with Gasteiger partial charge in [0.2, 0.25) is 0 Å².